The van der Waals surface area contributed by atoms with Crippen LogP contribution >= 0.6 is 15.9 Å². The molecular formula is C8H5BrF5NO2. The van der Waals surface area contributed by atoms with E-state index in [0.29, 0.717) is 0 Å². The van der Waals surface area contributed by atoms with E-state index in [9.17, 15) is 22.0 Å². The van der Waals surface area contributed by atoms with Crippen molar-refractivity contribution in [2.24, 2.45) is 0 Å². The van der Waals surface area contributed by atoms with Crippen LogP contribution < -0.4 is 15.2 Å². The lowest BCUT2D eigenvalue weighted by atomic mass is 10.3. The van der Waals surface area contributed by atoms with Gasteiger partial charge in [0.25, 0.3) is 0 Å². The summed E-state index contributed by atoms with van der Waals surface area (Å²) in [6, 6.07) is 1.93. The molecule has 0 saturated carbocycles. The summed E-state index contributed by atoms with van der Waals surface area (Å²) in [6.45, 7) is -3.31. The first kappa shape index (κ1) is 13.8. The third-order valence-corrected chi connectivity index (χ3v) is 1.94. The highest BCUT2D eigenvalue weighted by atomic mass is 79.9. The number of ether oxygens (including phenoxy) is 2. The third-order valence-electron chi connectivity index (χ3n) is 1.48. The molecule has 1 aromatic rings. The fourth-order valence-electron chi connectivity index (χ4n) is 1.00. The lowest BCUT2D eigenvalue weighted by molar-refractivity contribution is -0.275. The van der Waals surface area contributed by atoms with Crippen molar-refractivity contribution in [1.29, 1.82) is 0 Å². The molecule has 0 unspecified atom stereocenters. The molecule has 0 heterocycles. The molecule has 0 aliphatic heterocycles. The topological polar surface area (TPSA) is 44.5 Å². The highest BCUT2D eigenvalue weighted by Crippen LogP contribution is 2.40. The van der Waals surface area contributed by atoms with Crippen molar-refractivity contribution in [3.05, 3.63) is 16.6 Å². The lowest BCUT2D eigenvalue weighted by Crippen LogP contribution is -2.18. The first-order valence-electron chi connectivity index (χ1n) is 3.98. The van der Waals surface area contributed by atoms with E-state index in [4.69, 9.17) is 5.73 Å². The van der Waals surface area contributed by atoms with Crippen molar-refractivity contribution in [3.8, 4) is 11.5 Å². The monoisotopic (exact) mass is 321 g/mol. The quantitative estimate of drug-likeness (QED) is 0.684. The summed E-state index contributed by atoms with van der Waals surface area (Å²) in [6.07, 6.45) is -5.03. The van der Waals surface area contributed by atoms with Crippen LogP contribution in [-0.2, 0) is 0 Å². The van der Waals surface area contributed by atoms with Crippen LogP contribution in [0.5, 0.6) is 11.5 Å². The minimum atomic E-state index is -5.03. The molecule has 1 aromatic carbocycles. The minimum Gasteiger partial charge on any atom is -0.429 e. The number of hydrogen-bond donors (Lipinski definition) is 1. The van der Waals surface area contributed by atoms with Crippen LogP contribution in [0.25, 0.3) is 0 Å². The number of hydrogen-bond acceptors (Lipinski definition) is 3. The van der Waals surface area contributed by atoms with E-state index < -0.39 is 30.2 Å². The number of alkyl halides is 5. The molecule has 3 nitrogen and oxygen atoms in total. The van der Waals surface area contributed by atoms with Crippen LogP contribution in [0.3, 0.4) is 0 Å². The maximum atomic E-state index is 12.0. The van der Waals surface area contributed by atoms with Crippen LogP contribution in [-0.4, -0.2) is 13.0 Å². The molecule has 0 radical (unpaired) electrons. The van der Waals surface area contributed by atoms with E-state index in [0.717, 1.165) is 12.1 Å². The molecule has 2 N–H and O–H groups in total. The predicted octanol–water partition coefficient (Wildman–Crippen LogP) is 3.53. The van der Waals surface area contributed by atoms with E-state index in [2.05, 4.69) is 25.4 Å². The normalized spacial score (nSPS) is 11.7. The number of benzene rings is 1. The van der Waals surface area contributed by atoms with Gasteiger partial charge in [-0.25, -0.2) is 0 Å². The molecule has 0 fully saturated rings. The van der Waals surface area contributed by atoms with Crippen molar-refractivity contribution >= 4 is 21.6 Å². The largest absolute Gasteiger partial charge is 0.573 e. The Bertz CT molecular complexity index is 410. The molecule has 0 aliphatic rings. The Morgan fingerprint density at radius 2 is 1.82 bits per heavy atom. The summed E-state index contributed by atoms with van der Waals surface area (Å²) in [4.78, 5) is 0. The highest BCUT2D eigenvalue weighted by molar-refractivity contribution is 9.10. The molecule has 9 heteroatoms. The van der Waals surface area contributed by atoms with Crippen molar-refractivity contribution in [2.75, 3.05) is 5.73 Å². The zero-order valence-corrected chi connectivity index (χ0v) is 9.48. The summed E-state index contributed by atoms with van der Waals surface area (Å²) in [5, 5.41) is 0. The van der Waals surface area contributed by atoms with Crippen molar-refractivity contribution < 1.29 is 31.4 Å². The third kappa shape index (κ3) is 4.25. The fourth-order valence-corrected chi connectivity index (χ4v) is 1.46. The summed E-state index contributed by atoms with van der Waals surface area (Å²) in [5.41, 5.74) is 4.85. The lowest BCUT2D eigenvalue weighted by Gasteiger charge is -2.15. The first-order chi connectivity index (χ1) is 7.69. The molecule has 0 spiro atoms. The number of nitrogens with two attached hydrogens (primary N) is 1. The average Bonchev–Trinajstić information content (AvgIpc) is 2.07. The molecule has 96 valence electrons. The number of anilines is 1. The van der Waals surface area contributed by atoms with E-state index in [1.165, 1.54) is 0 Å². The first-order valence-corrected chi connectivity index (χ1v) is 4.78. The standard InChI is InChI=1S/C8H5BrF5NO2/c9-3-1-4(15)6(16-7(10)11)5(2-3)17-8(12,13)14/h1-2,7H,15H2. The average molecular weight is 322 g/mol. The van der Waals surface area contributed by atoms with Crippen molar-refractivity contribution in [1.82, 2.24) is 0 Å². The van der Waals surface area contributed by atoms with Gasteiger partial charge in [-0.1, -0.05) is 15.9 Å². The molecule has 0 amide bonds. The maximum absolute atomic E-state index is 12.0. The molecule has 0 aromatic heterocycles. The van der Waals surface area contributed by atoms with Gasteiger partial charge in [0.2, 0.25) is 0 Å². The van der Waals surface area contributed by atoms with Gasteiger partial charge in [-0.15, -0.1) is 13.2 Å². The Morgan fingerprint density at radius 1 is 1.24 bits per heavy atom. The fraction of sp³-hybridized carbons (Fsp3) is 0.250. The summed E-state index contributed by atoms with van der Waals surface area (Å²) in [7, 11) is 0. The van der Waals surface area contributed by atoms with E-state index in [-0.39, 0.29) is 4.47 Å². The Labute approximate surface area is 100 Å². The van der Waals surface area contributed by atoms with Crippen LogP contribution in [0.1, 0.15) is 0 Å². The Morgan fingerprint density at radius 3 is 2.29 bits per heavy atom. The SMILES string of the molecule is Nc1cc(Br)cc(OC(F)(F)F)c1OC(F)F. The molecular weight excluding hydrogens is 317 g/mol. The van der Waals surface area contributed by atoms with Crippen LogP contribution in [0, 0.1) is 0 Å². The van der Waals surface area contributed by atoms with Gasteiger partial charge in [-0.05, 0) is 12.1 Å². The van der Waals surface area contributed by atoms with Gasteiger partial charge >= 0.3 is 13.0 Å². The van der Waals surface area contributed by atoms with Gasteiger partial charge in [0.15, 0.2) is 11.5 Å². The van der Waals surface area contributed by atoms with Gasteiger partial charge in [0.05, 0.1) is 5.69 Å². The van der Waals surface area contributed by atoms with Crippen LogP contribution in [0.2, 0.25) is 0 Å². The van der Waals surface area contributed by atoms with E-state index >= 15 is 0 Å². The summed E-state index contributed by atoms with van der Waals surface area (Å²) < 4.78 is 67.5. The molecule has 0 bridgehead atoms. The second-order valence-corrected chi connectivity index (χ2v) is 3.66. The van der Waals surface area contributed by atoms with Crippen molar-refractivity contribution in [2.45, 2.75) is 13.0 Å². The van der Waals surface area contributed by atoms with Crippen LogP contribution in [0.4, 0.5) is 27.6 Å². The predicted molar refractivity (Wildman–Crippen MR) is 51.9 cm³/mol. The molecule has 0 saturated heterocycles. The van der Waals surface area contributed by atoms with Crippen LogP contribution in [0.15, 0.2) is 16.6 Å². The molecule has 1 rings (SSSR count). The summed E-state index contributed by atoms with van der Waals surface area (Å²) >= 11 is 2.85. The number of rotatable bonds is 3. The highest BCUT2D eigenvalue weighted by Gasteiger charge is 2.33. The minimum absolute atomic E-state index is 0.135. The Balaban J connectivity index is 3.15. The zero-order valence-electron chi connectivity index (χ0n) is 7.89. The van der Waals surface area contributed by atoms with Gasteiger partial charge in [0.1, 0.15) is 0 Å². The van der Waals surface area contributed by atoms with Gasteiger partial charge < -0.3 is 15.2 Å². The summed E-state index contributed by atoms with van der Waals surface area (Å²) in [5.74, 6) is -1.80. The number of halogens is 6. The van der Waals surface area contributed by atoms with Gasteiger partial charge in [-0.2, -0.15) is 8.78 Å². The second kappa shape index (κ2) is 4.94. The molecule has 0 aliphatic carbocycles. The van der Waals surface area contributed by atoms with E-state index in [1.807, 2.05) is 0 Å². The maximum Gasteiger partial charge on any atom is 0.573 e. The van der Waals surface area contributed by atoms with Gasteiger partial charge in [0, 0.05) is 4.47 Å². The smallest absolute Gasteiger partial charge is 0.429 e. The van der Waals surface area contributed by atoms with E-state index in [1.54, 1.807) is 0 Å². The molecule has 17 heavy (non-hydrogen) atoms. The number of nitrogen functional groups attached to an aromatic ring is 1. The second-order valence-electron chi connectivity index (χ2n) is 2.75. The zero-order chi connectivity index (χ0) is 13.2. The Hall–Kier alpha value is -1.25. The molecule has 0 atom stereocenters. The van der Waals surface area contributed by atoms with Gasteiger partial charge in [-0.3, -0.25) is 0 Å². The Kier molecular flexibility index (Phi) is 4.02. The van der Waals surface area contributed by atoms with Crippen molar-refractivity contribution in [3.63, 3.8) is 0 Å².